The van der Waals surface area contributed by atoms with Gasteiger partial charge in [0.2, 0.25) is 0 Å². The zero-order chi connectivity index (χ0) is 13.6. The van der Waals surface area contributed by atoms with Crippen LogP contribution in [-0.2, 0) is 4.74 Å². The lowest BCUT2D eigenvalue weighted by atomic mass is 10.00. The van der Waals surface area contributed by atoms with Crippen LogP contribution in [0.5, 0.6) is 0 Å². The minimum absolute atomic E-state index is 0.132. The maximum absolute atomic E-state index is 13.2. The molecule has 0 radical (unpaired) electrons. The van der Waals surface area contributed by atoms with E-state index in [0.717, 1.165) is 12.1 Å². The normalized spacial score (nSPS) is 13.4. The predicted molar refractivity (Wildman–Crippen MR) is 61.5 cm³/mol. The van der Waals surface area contributed by atoms with E-state index in [-0.39, 0.29) is 11.1 Å². The van der Waals surface area contributed by atoms with Gasteiger partial charge in [-0.25, -0.2) is 18.4 Å². The summed E-state index contributed by atoms with van der Waals surface area (Å²) < 4.78 is 30.5. The van der Waals surface area contributed by atoms with Crippen molar-refractivity contribution in [2.75, 3.05) is 0 Å². The Labute approximate surface area is 106 Å². The molecule has 0 N–H and O–H groups in total. The Bertz CT molecular complexity index is 723. The molecule has 3 nitrogen and oxygen atoms in total. The summed E-state index contributed by atoms with van der Waals surface area (Å²) in [4.78, 5) is 22.7. The Hall–Kier alpha value is -2.56. The molecule has 19 heavy (non-hydrogen) atoms. The number of hydrogen-bond acceptors (Lipinski definition) is 3. The van der Waals surface area contributed by atoms with Crippen LogP contribution < -0.4 is 0 Å². The average Bonchev–Trinajstić information content (AvgIpc) is 2.68. The molecular weight excluding hydrogens is 254 g/mol. The van der Waals surface area contributed by atoms with Crippen LogP contribution in [0, 0.1) is 11.6 Å². The van der Waals surface area contributed by atoms with E-state index in [1.165, 1.54) is 18.2 Å². The van der Waals surface area contributed by atoms with Gasteiger partial charge in [-0.2, -0.15) is 0 Å². The van der Waals surface area contributed by atoms with Gasteiger partial charge < -0.3 is 4.74 Å². The molecule has 5 heteroatoms. The number of benzene rings is 2. The number of ether oxygens (including phenoxy) is 1. The molecule has 2 aromatic rings. The molecule has 0 aromatic heterocycles. The molecule has 0 atom stereocenters. The van der Waals surface area contributed by atoms with Crippen molar-refractivity contribution >= 4 is 11.9 Å². The Morgan fingerprint density at radius 2 is 1.37 bits per heavy atom. The van der Waals surface area contributed by atoms with Crippen molar-refractivity contribution in [3.63, 3.8) is 0 Å². The van der Waals surface area contributed by atoms with Gasteiger partial charge in [0, 0.05) is 0 Å². The molecule has 0 aliphatic carbocycles. The van der Waals surface area contributed by atoms with E-state index in [2.05, 4.69) is 4.74 Å². The molecule has 1 aliphatic heterocycles. The van der Waals surface area contributed by atoms with Gasteiger partial charge in [-0.05, 0) is 35.4 Å². The second-order valence-electron chi connectivity index (χ2n) is 4.07. The average molecular weight is 260 g/mol. The molecule has 0 amide bonds. The van der Waals surface area contributed by atoms with Crippen LogP contribution in [0.1, 0.15) is 20.7 Å². The topological polar surface area (TPSA) is 43.4 Å². The molecule has 0 bridgehead atoms. The van der Waals surface area contributed by atoms with Crippen LogP contribution >= 0.6 is 0 Å². The Morgan fingerprint density at radius 1 is 0.737 bits per heavy atom. The number of hydrogen-bond donors (Lipinski definition) is 0. The van der Waals surface area contributed by atoms with Crippen molar-refractivity contribution in [3.05, 3.63) is 59.2 Å². The summed E-state index contributed by atoms with van der Waals surface area (Å²) in [5.41, 5.74) is 1.22. The fraction of sp³-hybridized carbons (Fsp3) is 0. The van der Waals surface area contributed by atoms with E-state index in [1.54, 1.807) is 6.07 Å². The maximum Gasteiger partial charge on any atom is 0.346 e. The molecule has 0 unspecified atom stereocenters. The van der Waals surface area contributed by atoms with Gasteiger partial charge in [0.05, 0.1) is 11.1 Å². The van der Waals surface area contributed by atoms with Crippen molar-refractivity contribution < 1.29 is 23.1 Å². The summed E-state index contributed by atoms with van der Waals surface area (Å²) in [5, 5.41) is 0. The second-order valence-corrected chi connectivity index (χ2v) is 4.07. The van der Waals surface area contributed by atoms with Gasteiger partial charge in [0.1, 0.15) is 0 Å². The zero-order valence-electron chi connectivity index (χ0n) is 9.44. The molecule has 1 heterocycles. The van der Waals surface area contributed by atoms with Crippen molar-refractivity contribution in [2.24, 2.45) is 0 Å². The number of halogens is 2. The zero-order valence-corrected chi connectivity index (χ0v) is 9.44. The fourth-order valence-corrected chi connectivity index (χ4v) is 1.94. The Balaban J connectivity index is 2.12. The molecule has 3 rings (SSSR count). The minimum atomic E-state index is -0.975. The molecule has 0 saturated heterocycles. The van der Waals surface area contributed by atoms with Crippen LogP contribution in [0.4, 0.5) is 8.78 Å². The molecule has 1 aliphatic rings. The fourth-order valence-electron chi connectivity index (χ4n) is 1.94. The highest BCUT2D eigenvalue weighted by Crippen LogP contribution is 2.27. The standard InChI is InChI=1S/C14H6F2O3/c15-11-4-2-8(6-12(11)16)7-1-3-9-10(5-7)14(18)19-13(9)17/h1-6H. The first-order valence-electron chi connectivity index (χ1n) is 5.42. The second kappa shape index (κ2) is 3.98. The first-order valence-corrected chi connectivity index (χ1v) is 5.42. The third kappa shape index (κ3) is 1.79. The highest BCUT2D eigenvalue weighted by atomic mass is 19.2. The summed E-state index contributed by atoms with van der Waals surface area (Å²) in [7, 11) is 0. The van der Waals surface area contributed by atoms with Crippen molar-refractivity contribution in [1.82, 2.24) is 0 Å². The molecule has 94 valence electrons. The van der Waals surface area contributed by atoms with Crippen molar-refractivity contribution in [1.29, 1.82) is 0 Å². The number of carbonyl (C=O) groups excluding carboxylic acids is 2. The smallest absolute Gasteiger partial charge is 0.346 e. The van der Waals surface area contributed by atoms with Crippen LogP contribution in [0.3, 0.4) is 0 Å². The highest BCUT2D eigenvalue weighted by molar-refractivity contribution is 6.15. The summed E-state index contributed by atoms with van der Waals surface area (Å²) >= 11 is 0. The van der Waals surface area contributed by atoms with Crippen LogP contribution in [0.2, 0.25) is 0 Å². The van der Waals surface area contributed by atoms with E-state index in [1.807, 2.05) is 0 Å². The number of carbonyl (C=O) groups is 2. The predicted octanol–water partition coefficient (Wildman–Crippen LogP) is 2.94. The van der Waals surface area contributed by atoms with Gasteiger partial charge >= 0.3 is 11.9 Å². The lowest BCUT2D eigenvalue weighted by Crippen LogP contribution is -1.96. The molecule has 0 fully saturated rings. The van der Waals surface area contributed by atoms with E-state index in [9.17, 15) is 18.4 Å². The van der Waals surface area contributed by atoms with Crippen LogP contribution in [0.25, 0.3) is 11.1 Å². The van der Waals surface area contributed by atoms with Crippen molar-refractivity contribution in [2.45, 2.75) is 0 Å². The monoisotopic (exact) mass is 260 g/mol. The third-order valence-corrected chi connectivity index (χ3v) is 2.90. The summed E-state index contributed by atoms with van der Waals surface area (Å²) in [6.45, 7) is 0. The maximum atomic E-state index is 13.2. The van der Waals surface area contributed by atoms with E-state index < -0.39 is 23.6 Å². The summed E-state index contributed by atoms with van der Waals surface area (Å²) in [6.07, 6.45) is 0. The van der Waals surface area contributed by atoms with E-state index in [0.29, 0.717) is 11.1 Å². The number of fused-ring (bicyclic) bond motifs is 1. The van der Waals surface area contributed by atoms with Gasteiger partial charge in [-0.1, -0.05) is 12.1 Å². The first-order chi connectivity index (χ1) is 9.06. The first kappa shape index (κ1) is 11.5. The Kier molecular flexibility index (Phi) is 2.41. The Morgan fingerprint density at radius 3 is 2.11 bits per heavy atom. The van der Waals surface area contributed by atoms with Gasteiger partial charge in [0.25, 0.3) is 0 Å². The largest absolute Gasteiger partial charge is 0.386 e. The summed E-state index contributed by atoms with van der Waals surface area (Å²) in [6, 6.07) is 7.82. The van der Waals surface area contributed by atoms with Gasteiger partial charge in [0.15, 0.2) is 11.6 Å². The molecule has 0 spiro atoms. The highest BCUT2D eigenvalue weighted by Gasteiger charge is 2.29. The molecule has 0 saturated carbocycles. The van der Waals surface area contributed by atoms with Crippen molar-refractivity contribution in [3.8, 4) is 11.1 Å². The minimum Gasteiger partial charge on any atom is -0.386 e. The lowest BCUT2D eigenvalue weighted by molar-refractivity contribution is 0.0444. The number of rotatable bonds is 1. The van der Waals surface area contributed by atoms with E-state index >= 15 is 0 Å². The third-order valence-electron chi connectivity index (χ3n) is 2.90. The van der Waals surface area contributed by atoms with Crippen LogP contribution in [0.15, 0.2) is 36.4 Å². The summed E-state index contributed by atoms with van der Waals surface area (Å²) in [5.74, 6) is -3.35. The number of cyclic esters (lactones) is 2. The molecular formula is C14H6F2O3. The quantitative estimate of drug-likeness (QED) is 0.585. The lowest BCUT2D eigenvalue weighted by Gasteiger charge is -2.03. The van der Waals surface area contributed by atoms with Gasteiger partial charge in [-0.3, -0.25) is 0 Å². The van der Waals surface area contributed by atoms with Crippen LogP contribution in [-0.4, -0.2) is 11.9 Å². The molecule has 2 aromatic carbocycles. The van der Waals surface area contributed by atoms with E-state index in [4.69, 9.17) is 0 Å². The number of esters is 2. The van der Waals surface area contributed by atoms with Gasteiger partial charge in [-0.15, -0.1) is 0 Å². The SMILES string of the molecule is O=C1OC(=O)c2cc(-c3ccc(F)c(F)c3)ccc21.